The van der Waals surface area contributed by atoms with Gasteiger partial charge in [-0.25, -0.2) is 0 Å². The maximum absolute atomic E-state index is 8.70. The molecule has 1 atom stereocenters. The third-order valence-electron chi connectivity index (χ3n) is 1.92. The summed E-state index contributed by atoms with van der Waals surface area (Å²) >= 11 is 5.90. The van der Waals surface area contributed by atoms with Crippen LogP contribution in [0.15, 0.2) is 18.2 Å². The zero-order valence-electron chi connectivity index (χ0n) is 8.75. The number of rotatable bonds is 4. The summed E-state index contributed by atoms with van der Waals surface area (Å²) in [7, 11) is 1.66. The van der Waals surface area contributed by atoms with Crippen molar-refractivity contribution in [1.29, 1.82) is 5.26 Å². The lowest BCUT2D eigenvalue weighted by Gasteiger charge is -2.14. The summed E-state index contributed by atoms with van der Waals surface area (Å²) in [4.78, 5) is 0. The second-order valence-corrected chi connectivity index (χ2v) is 3.71. The molecule has 0 aromatic heterocycles. The van der Waals surface area contributed by atoms with Crippen molar-refractivity contribution in [2.24, 2.45) is 0 Å². The fraction of sp³-hybridized carbons (Fsp3) is 0.364. The summed E-state index contributed by atoms with van der Waals surface area (Å²) in [6, 6.07) is 7.49. The number of benzene rings is 1. The van der Waals surface area contributed by atoms with Gasteiger partial charge in [0.15, 0.2) is 0 Å². The number of ether oxygens (including phenoxy) is 1. The highest BCUT2D eigenvalue weighted by Gasteiger charge is 2.04. The van der Waals surface area contributed by atoms with Crippen molar-refractivity contribution >= 4 is 17.3 Å². The molecule has 0 amide bonds. The molecule has 1 rings (SSSR count). The number of halogens is 1. The number of nitriles is 1. The van der Waals surface area contributed by atoms with Gasteiger partial charge in [0, 0.05) is 18.8 Å². The van der Waals surface area contributed by atoms with Crippen LogP contribution < -0.4 is 5.32 Å². The lowest BCUT2D eigenvalue weighted by Crippen LogP contribution is -2.20. The first-order valence-corrected chi connectivity index (χ1v) is 5.00. The summed E-state index contributed by atoms with van der Waals surface area (Å²) in [5.74, 6) is 0. The summed E-state index contributed by atoms with van der Waals surface area (Å²) in [5, 5.41) is 12.4. The molecular formula is C11H13ClN2O. The van der Waals surface area contributed by atoms with Crippen LogP contribution in [0.5, 0.6) is 0 Å². The maximum atomic E-state index is 8.70. The van der Waals surface area contributed by atoms with Gasteiger partial charge in [-0.05, 0) is 25.1 Å². The highest BCUT2D eigenvalue weighted by molar-refractivity contribution is 6.32. The molecule has 0 heterocycles. The zero-order valence-corrected chi connectivity index (χ0v) is 9.51. The number of methoxy groups -OCH3 is 1. The molecule has 3 nitrogen and oxygen atoms in total. The van der Waals surface area contributed by atoms with E-state index >= 15 is 0 Å². The minimum Gasteiger partial charge on any atom is -0.383 e. The molecular weight excluding hydrogens is 212 g/mol. The van der Waals surface area contributed by atoms with E-state index < -0.39 is 0 Å². The molecule has 0 saturated heterocycles. The number of hydrogen-bond acceptors (Lipinski definition) is 3. The number of nitrogens with zero attached hydrogens (tertiary/aromatic N) is 1. The summed E-state index contributed by atoms with van der Waals surface area (Å²) in [5.41, 5.74) is 1.38. The Bertz CT molecular complexity index is 373. The van der Waals surface area contributed by atoms with Gasteiger partial charge in [0.2, 0.25) is 0 Å². The van der Waals surface area contributed by atoms with Crippen LogP contribution in [0.4, 0.5) is 5.69 Å². The minimum atomic E-state index is 0.207. The molecule has 80 valence electrons. The second-order valence-electron chi connectivity index (χ2n) is 3.31. The molecule has 0 radical (unpaired) electrons. The number of anilines is 1. The Balaban J connectivity index is 2.72. The van der Waals surface area contributed by atoms with Crippen LogP contribution in [-0.4, -0.2) is 19.8 Å². The molecule has 0 spiro atoms. The molecule has 0 fully saturated rings. The normalized spacial score (nSPS) is 11.9. The van der Waals surface area contributed by atoms with E-state index in [0.29, 0.717) is 17.2 Å². The minimum absolute atomic E-state index is 0.207. The van der Waals surface area contributed by atoms with Gasteiger partial charge in [0.05, 0.1) is 17.2 Å². The van der Waals surface area contributed by atoms with Crippen molar-refractivity contribution in [3.05, 3.63) is 28.8 Å². The fourth-order valence-electron chi connectivity index (χ4n) is 1.27. The molecule has 1 aromatic carbocycles. The van der Waals surface area contributed by atoms with Crippen LogP contribution in [0.1, 0.15) is 12.5 Å². The van der Waals surface area contributed by atoms with Gasteiger partial charge >= 0.3 is 0 Å². The van der Waals surface area contributed by atoms with Crippen molar-refractivity contribution in [3.63, 3.8) is 0 Å². The fourth-order valence-corrected chi connectivity index (χ4v) is 1.49. The van der Waals surface area contributed by atoms with Crippen molar-refractivity contribution in [2.45, 2.75) is 13.0 Å². The Morgan fingerprint density at radius 3 is 2.87 bits per heavy atom. The topological polar surface area (TPSA) is 45.0 Å². The monoisotopic (exact) mass is 224 g/mol. The predicted molar refractivity (Wildman–Crippen MR) is 61.1 cm³/mol. The molecule has 0 aliphatic carbocycles. The lowest BCUT2D eigenvalue weighted by molar-refractivity contribution is 0.190. The molecule has 0 aliphatic heterocycles. The molecule has 0 bridgehead atoms. The summed E-state index contributed by atoms with van der Waals surface area (Å²) < 4.78 is 5.00. The molecule has 4 heteroatoms. The van der Waals surface area contributed by atoms with Crippen LogP contribution in [0.3, 0.4) is 0 Å². The van der Waals surface area contributed by atoms with Crippen molar-refractivity contribution in [2.75, 3.05) is 19.0 Å². The van der Waals surface area contributed by atoms with E-state index in [1.165, 1.54) is 0 Å². The Kier molecular flexibility index (Phi) is 4.41. The van der Waals surface area contributed by atoms with Crippen LogP contribution in [0.25, 0.3) is 0 Å². The van der Waals surface area contributed by atoms with Crippen LogP contribution in [0.2, 0.25) is 5.02 Å². The second kappa shape index (κ2) is 5.59. The average molecular weight is 225 g/mol. The van der Waals surface area contributed by atoms with Crippen molar-refractivity contribution in [3.8, 4) is 6.07 Å². The number of hydrogen-bond donors (Lipinski definition) is 1. The van der Waals surface area contributed by atoms with Crippen LogP contribution >= 0.6 is 11.6 Å². The Labute approximate surface area is 94.6 Å². The SMILES string of the molecule is COC[C@@H](C)Nc1ccc(C#N)c(Cl)c1. The Morgan fingerprint density at radius 2 is 2.33 bits per heavy atom. The quantitative estimate of drug-likeness (QED) is 0.855. The highest BCUT2D eigenvalue weighted by atomic mass is 35.5. The lowest BCUT2D eigenvalue weighted by atomic mass is 10.2. The zero-order chi connectivity index (χ0) is 11.3. The molecule has 1 aromatic rings. The molecule has 0 saturated carbocycles. The van der Waals surface area contributed by atoms with E-state index in [0.717, 1.165) is 5.69 Å². The van der Waals surface area contributed by atoms with Gasteiger partial charge < -0.3 is 10.1 Å². The van der Waals surface area contributed by atoms with E-state index in [1.54, 1.807) is 19.2 Å². The van der Waals surface area contributed by atoms with E-state index in [-0.39, 0.29) is 6.04 Å². The van der Waals surface area contributed by atoms with E-state index in [4.69, 9.17) is 21.6 Å². The smallest absolute Gasteiger partial charge is 0.101 e. The third kappa shape index (κ3) is 3.43. The standard InChI is InChI=1S/C11H13ClN2O/c1-8(7-15-2)14-10-4-3-9(6-13)11(12)5-10/h3-5,8,14H,7H2,1-2H3/t8-/m1/s1. The number of nitrogens with one attached hydrogen (secondary N) is 1. The molecule has 1 N–H and O–H groups in total. The largest absolute Gasteiger partial charge is 0.383 e. The van der Waals surface area contributed by atoms with Crippen LogP contribution in [-0.2, 0) is 4.74 Å². The summed E-state index contributed by atoms with van der Waals surface area (Å²) in [6.45, 7) is 2.63. The molecule has 0 unspecified atom stereocenters. The van der Waals surface area contributed by atoms with Crippen molar-refractivity contribution < 1.29 is 4.74 Å². The van der Waals surface area contributed by atoms with Gasteiger partial charge in [-0.15, -0.1) is 0 Å². The van der Waals surface area contributed by atoms with E-state index in [2.05, 4.69) is 5.32 Å². The van der Waals surface area contributed by atoms with Gasteiger partial charge in [0.25, 0.3) is 0 Å². The first kappa shape index (κ1) is 11.8. The summed E-state index contributed by atoms with van der Waals surface area (Å²) in [6.07, 6.45) is 0. The maximum Gasteiger partial charge on any atom is 0.101 e. The Hall–Kier alpha value is -1.24. The van der Waals surface area contributed by atoms with Crippen molar-refractivity contribution in [1.82, 2.24) is 0 Å². The van der Waals surface area contributed by atoms with E-state index in [9.17, 15) is 0 Å². The van der Waals surface area contributed by atoms with E-state index in [1.807, 2.05) is 19.1 Å². The highest BCUT2D eigenvalue weighted by Crippen LogP contribution is 2.20. The van der Waals surface area contributed by atoms with Gasteiger partial charge in [-0.3, -0.25) is 0 Å². The van der Waals surface area contributed by atoms with Gasteiger partial charge in [-0.1, -0.05) is 11.6 Å². The van der Waals surface area contributed by atoms with Gasteiger partial charge in [0.1, 0.15) is 6.07 Å². The van der Waals surface area contributed by atoms with Gasteiger partial charge in [-0.2, -0.15) is 5.26 Å². The third-order valence-corrected chi connectivity index (χ3v) is 2.23. The molecule has 15 heavy (non-hydrogen) atoms. The van der Waals surface area contributed by atoms with Crippen LogP contribution in [0, 0.1) is 11.3 Å². The molecule has 0 aliphatic rings. The first-order valence-electron chi connectivity index (χ1n) is 4.62. The first-order chi connectivity index (χ1) is 7.17. The average Bonchev–Trinajstić information content (AvgIpc) is 2.18. The Morgan fingerprint density at radius 1 is 1.60 bits per heavy atom. The predicted octanol–water partition coefficient (Wildman–Crippen LogP) is 2.66.